The summed E-state index contributed by atoms with van der Waals surface area (Å²) in [6.07, 6.45) is 4.25. The van der Waals surface area contributed by atoms with Crippen molar-refractivity contribution < 1.29 is 18.7 Å². The topological polar surface area (TPSA) is 125 Å². The van der Waals surface area contributed by atoms with Gasteiger partial charge in [-0.3, -0.25) is 4.57 Å². The van der Waals surface area contributed by atoms with Gasteiger partial charge in [0.1, 0.15) is 18.2 Å². The molecular formula is C12H20N5O4P. The molecule has 0 aliphatic carbocycles. The van der Waals surface area contributed by atoms with Gasteiger partial charge in [-0.25, -0.2) is 15.0 Å². The van der Waals surface area contributed by atoms with E-state index in [1.165, 1.54) is 6.33 Å². The van der Waals surface area contributed by atoms with Gasteiger partial charge in [-0.1, -0.05) is 13.3 Å². The molecule has 22 heavy (non-hydrogen) atoms. The molecular weight excluding hydrogens is 309 g/mol. The predicted octanol–water partition coefficient (Wildman–Crippen LogP) is 1.38. The molecule has 2 rings (SSSR count). The van der Waals surface area contributed by atoms with E-state index in [1.807, 2.05) is 6.92 Å². The summed E-state index contributed by atoms with van der Waals surface area (Å²) in [7, 11) is -3.68. The Morgan fingerprint density at radius 1 is 1.36 bits per heavy atom. The van der Waals surface area contributed by atoms with Crippen molar-refractivity contribution in [2.24, 2.45) is 0 Å². The zero-order chi connectivity index (χ0) is 16.0. The highest BCUT2D eigenvalue weighted by Gasteiger charge is 2.19. The van der Waals surface area contributed by atoms with E-state index in [-0.39, 0.29) is 19.6 Å². The summed E-state index contributed by atoms with van der Waals surface area (Å²) in [6, 6.07) is 0. The third-order valence-electron chi connectivity index (χ3n) is 2.95. The zero-order valence-electron chi connectivity index (χ0n) is 12.4. The van der Waals surface area contributed by atoms with Crippen molar-refractivity contribution in [3.63, 3.8) is 0 Å². The van der Waals surface area contributed by atoms with E-state index < -0.39 is 7.60 Å². The molecule has 0 fully saturated rings. The Balaban J connectivity index is 1.81. The fraction of sp³-hybridized carbons (Fsp3) is 0.583. The van der Waals surface area contributed by atoms with Crippen LogP contribution in [0.1, 0.15) is 19.8 Å². The Hall–Kier alpha value is -1.54. The van der Waals surface area contributed by atoms with Crippen LogP contribution in [0.15, 0.2) is 12.7 Å². The number of ether oxygens (including phenoxy) is 1. The van der Waals surface area contributed by atoms with Gasteiger partial charge in [0.25, 0.3) is 0 Å². The third-order valence-corrected chi connectivity index (χ3v) is 4.05. The molecule has 0 bridgehead atoms. The van der Waals surface area contributed by atoms with E-state index in [4.69, 9.17) is 15.0 Å². The third kappa shape index (κ3) is 4.48. The van der Waals surface area contributed by atoms with E-state index in [0.29, 0.717) is 23.5 Å². The highest BCUT2D eigenvalue weighted by molar-refractivity contribution is 7.52. The van der Waals surface area contributed by atoms with Crippen molar-refractivity contribution in [1.29, 1.82) is 0 Å². The van der Waals surface area contributed by atoms with Gasteiger partial charge in [-0.15, -0.1) is 0 Å². The van der Waals surface area contributed by atoms with E-state index in [1.54, 1.807) is 10.9 Å². The van der Waals surface area contributed by atoms with Crippen molar-refractivity contribution in [3.8, 4) is 0 Å². The Kier molecular flexibility index (Phi) is 5.84. The smallest absolute Gasteiger partial charge is 0.353 e. The quantitative estimate of drug-likeness (QED) is 0.522. The molecule has 0 saturated carbocycles. The second-order valence-electron chi connectivity index (χ2n) is 4.73. The Morgan fingerprint density at radius 3 is 2.95 bits per heavy atom. The molecule has 0 aromatic carbocycles. The number of rotatable bonds is 9. The SMILES string of the molecule is CCCCOP(=O)(O)COCCn1cnc2c(N)ncnc21. The average molecular weight is 329 g/mol. The number of nitrogens with two attached hydrogens (primary N) is 1. The van der Waals surface area contributed by atoms with E-state index in [9.17, 15) is 9.46 Å². The van der Waals surface area contributed by atoms with Gasteiger partial charge in [0.05, 0.1) is 19.5 Å². The van der Waals surface area contributed by atoms with Crippen LogP contribution < -0.4 is 5.73 Å². The lowest BCUT2D eigenvalue weighted by Gasteiger charge is -2.12. The summed E-state index contributed by atoms with van der Waals surface area (Å²) >= 11 is 0. The first-order valence-electron chi connectivity index (χ1n) is 6.99. The summed E-state index contributed by atoms with van der Waals surface area (Å²) in [4.78, 5) is 21.6. The summed E-state index contributed by atoms with van der Waals surface area (Å²) < 4.78 is 23.5. The number of hydrogen-bond donors (Lipinski definition) is 2. The number of hydrogen-bond acceptors (Lipinski definition) is 7. The molecule has 0 amide bonds. The lowest BCUT2D eigenvalue weighted by Crippen LogP contribution is -2.08. The average Bonchev–Trinajstić information content (AvgIpc) is 2.88. The molecule has 0 aliphatic rings. The monoisotopic (exact) mass is 329 g/mol. The molecule has 122 valence electrons. The van der Waals surface area contributed by atoms with Gasteiger partial charge < -0.3 is 24.5 Å². The minimum Gasteiger partial charge on any atom is -0.382 e. The van der Waals surface area contributed by atoms with Crippen LogP contribution >= 0.6 is 7.60 Å². The van der Waals surface area contributed by atoms with Gasteiger partial charge in [0.15, 0.2) is 11.5 Å². The van der Waals surface area contributed by atoms with E-state index in [2.05, 4.69) is 15.0 Å². The lowest BCUT2D eigenvalue weighted by molar-refractivity contribution is 0.137. The highest BCUT2D eigenvalue weighted by Crippen LogP contribution is 2.41. The Morgan fingerprint density at radius 2 is 2.18 bits per heavy atom. The Bertz CT molecular complexity index is 662. The van der Waals surface area contributed by atoms with Crippen LogP contribution in [-0.2, 0) is 20.4 Å². The lowest BCUT2D eigenvalue weighted by atomic mass is 10.4. The van der Waals surface area contributed by atoms with Crippen LogP contribution in [0.25, 0.3) is 11.2 Å². The zero-order valence-corrected chi connectivity index (χ0v) is 13.3. The van der Waals surface area contributed by atoms with Crippen LogP contribution in [0.5, 0.6) is 0 Å². The molecule has 0 aliphatic heterocycles. The molecule has 1 atom stereocenters. The molecule has 0 spiro atoms. The summed E-state index contributed by atoms with van der Waals surface area (Å²) in [5.41, 5.74) is 6.82. The van der Waals surface area contributed by atoms with E-state index in [0.717, 1.165) is 12.8 Å². The fourth-order valence-electron chi connectivity index (χ4n) is 1.79. The van der Waals surface area contributed by atoms with Crippen LogP contribution in [0.4, 0.5) is 5.82 Å². The molecule has 10 heteroatoms. The summed E-state index contributed by atoms with van der Waals surface area (Å²) in [5, 5.41) is 0. The largest absolute Gasteiger partial charge is 0.382 e. The molecule has 2 heterocycles. The maximum absolute atomic E-state index is 11.7. The van der Waals surface area contributed by atoms with Crippen molar-refractivity contribution in [2.45, 2.75) is 26.3 Å². The highest BCUT2D eigenvalue weighted by atomic mass is 31.2. The van der Waals surface area contributed by atoms with Crippen LogP contribution in [-0.4, -0.2) is 44.0 Å². The normalized spacial score (nSPS) is 14.3. The molecule has 0 saturated heterocycles. The van der Waals surface area contributed by atoms with Crippen LogP contribution in [0, 0.1) is 0 Å². The van der Waals surface area contributed by atoms with Gasteiger partial charge in [-0.2, -0.15) is 0 Å². The minimum absolute atomic E-state index is 0.233. The number of anilines is 1. The maximum atomic E-state index is 11.7. The molecule has 1 unspecified atom stereocenters. The van der Waals surface area contributed by atoms with Crippen molar-refractivity contribution in [3.05, 3.63) is 12.7 Å². The van der Waals surface area contributed by atoms with Gasteiger partial charge >= 0.3 is 7.60 Å². The predicted molar refractivity (Wildman–Crippen MR) is 81.2 cm³/mol. The number of unbranched alkanes of at least 4 members (excludes halogenated alkanes) is 1. The summed E-state index contributed by atoms with van der Waals surface area (Å²) in [6.45, 7) is 2.91. The molecule has 2 aromatic rings. The van der Waals surface area contributed by atoms with Gasteiger partial charge in [-0.05, 0) is 6.42 Å². The molecule has 9 nitrogen and oxygen atoms in total. The van der Waals surface area contributed by atoms with Crippen LogP contribution in [0.2, 0.25) is 0 Å². The second kappa shape index (κ2) is 7.64. The number of nitrogen functional groups attached to an aromatic ring is 1. The maximum Gasteiger partial charge on any atom is 0.353 e. The first-order chi connectivity index (χ1) is 10.5. The van der Waals surface area contributed by atoms with Gasteiger partial charge in [0, 0.05) is 6.54 Å². The standard InChI is InChI=1S/C12H20N5O4P/c1-2-3-5-21-22(18,19)9-20-6-4-17-8-16-10-11(13)14-7-15-12(10)17/h7-8H,2-6,9H2,1H3,(H,18,19)(H2,13,14,15). The minimum atomic E-state index is -3.68. The molecule has 2 aromatic heterocycles. The van der Waals surface area contributed by atoms with Crippen molar-refractivity contribution >= 4 is 24.6 Å². The number of nitrogens with zero attached hydrogens (tertiary/aromatic N) is 4. The van der Waals surface area contributed by atoms with Crippen LogP contribution in [0.3, 0.4) is 0 Å². The van der Waals surface area contributed by atoms with Gasteiger partial charge in [0.2, 0.25) is 0 Å². The number of imidazole rings is 1. The van der Waals surface area contributed by atoms with Crippen molar-refractivity contribution in [2.75, 3.05) is 25.3 Å². The molecule has 3 N–H and O–H groups in total. The number of aromatic nitrogens is 4. The second-order valence-corrected chi connectivity index (χ2v) is 6.52. The number of fused-ring (bicyclic) bond motifs is 1. The first-order valence-corrected chi connectivity index (χ1v) is 8.75. The van der Waals surface area contributed by atoms with E-state index >= 15 is 0 Å². The first kappa shape index (κ1) is 16.8. The van der Waals surface area contributed by atoms with Crippen molar-refractivity contribution in [1.82, 2.24) is 19.5 Å². The molecule has 0 radical (unpaired) electrons. The Labute approximate surface area is 128 Å². The fourth-order valence-corrected chi connectivity index (χ4v) is 2.64. The summed E-state index contributed by atoms with van der Waals surface area (Å²) in [5.74, 6) is 0.314.